The van der Waals surface area contributed by atoms with Gasteiger partial charge in [0.1, 0.15) is 36.0 Å². The van der Waals surface area contributed by atoms with Crippen molar-refractivity contribution in [2.24, 2.45) is 0 Å². The van der Waals surface area contributed by atoms with Gasteiger partial charge in [-0.05, 0) is 5.56 Å². The summed E-state index contributed by atoms with van der Waals surface area (Å²) in [5, 5.41) is 49.6. The van der Waals surface area contributed by atoms with Crippen molar-refractivity contribution in [2.45, 2.75) is 60.5 Å². The van der Waals surface area contributed by atoms with Gasteiger partial charge in [0.2, 0.25) is 0 Å². The van der Waals surface area contributed by atoms with Gasteiger partial charge in [-0.2, -0.15) is 0 Å². The van der Waals surface area contributed by atoms with E-state index < -0.39 is 55.0 Å². The average molecular weight is 402 g/mol. The van der Waals surface area contributed by atoms with Gasteiger partial charge in [-0.25, -0.2) is 0 Å². The number of aliphatic hydroxyl groups excluding tert-OH is 5. The summed E-state index contributed by atoms with van der Waals surface area (Å²) in [7, 11) is 0. The number of hydrogen-bond acceptors (Lipinski definition) is 9. The second-order valence-electron chi connectivity index (χ2n) is 6.73. The van der Waals surface area contributed by atoms with Crippen molar-refractivity contribution in [1.82, 2.24) is 0 Å². The Hall–Kier alpha value is -0.750. The van der Waals surface area contributed by atoms with Gasteiger partial charge < -0.3 is 39.7 Å². The predicted octanol–water partition coefficient (Wildman–Crippen LogP) is -0.788. The van der Waals surface area contributed by atoms with E-state index >= 15 is 0 Å². The van der Waals surface area contributed by atoms with Crippen LogP contribution in [0.2, 0.25) is 0 Å². The van der Waals surface area contributed by atoms with Crippen LogP contribution in [0.15, 0.2) is 30.3 Å². The lowest BCUT2D eigenvalue weighted by Crippen LogP contribution is -2.56. The summed E-state index contributed by atoms with van der Waals surface area (Å²) >= 11 is 1.39. The fourth-order valence-corrected chi connectivity index (χ4v) is 4.22. The fraction of sp³-hybridized carbons (Fsp3) is 0.667. The van der Waals surface area contributed by atoms with E-state index in [0.717, 1.165) is 5.56 Å². The summed E-state index contributed by atoms with van der Waals surface area (Å²) in [5.74, 6) is 0.634. The Balaban J connectivity index is 1.51. The second kappa shape index (κ2) is 9.64. The van der Waals surface area contributed by atoms with Gasteiger partial charge in [-0.15, -0.1) is 11.8 Å². The van der Waals surface area contributed by atoms with Gasteiger partial charge in [0.15, 0.2) is 6.29 Å². The Morgan fingerprint density at radius 2 is 1.78 bits per heavy atom. The third-order valence-corrected chi connectivity index (χ3v) is 5.98. The molecule has 0 aliphatic carbocycles. The molecule has 152 valence electrons. The Labute approximate surface area is 161 Å². The molecule has 2 aliphatic rings. The van der Waals surface area contributed by atoms with E-state index in [1.54, 1.807) is 0 Å². The minimum Gasteiger partial charge on any atom is -0.394 e. The highest BCUT2D eigenvalue weighted by Crippen LogP contribution is 2.30. The van der Waals surface area contributed by atoms with Crippen molar-refractivity contribution >= 4 is 11.8 Å². The summed E-state index contributed by atoms with van der Waals surface area (Å²) < 4.78 is 16.7. The molecule has 0 unspecified atom stereocenters. The minimum atomic E-state index is -1.20. The predicted molar refractivity (Wildman–Crippen MR) is 96.7 cm³/mol. The number of rotatable bonds is 6. The third-order valence-electron chi connectivity index (χ3n) is 4.73. The summed E-state index contributed by atoms with van der Waals surface area (Å²) in [4.78, 5) is 0. The van der Waals surface area contributed by atoms with Crippen molar-refractivity contribution in [3.8, 4) is 0 Å². The molecule has 0 saturated carbocycles. The quantitative estimate of drug-likeness (QED) is 0.416. The molecule has 0 aromatic heterocycles. The van der Waals surface area contributed by atoms with Crippen LogP contribution in [0.5, 0.6) is 0 Å². The Morgan fingerprint density at radius 1 is 1.04 bits per heavy atom. The van der Waals surface area contributed by atoms with E-state index in [0.29, 0.717) is 5.75 Å². The van der Waals surface area contributed by atoms with Crippen LogP contribution < -0.4 is 0 Å². The Morgan fingerprint density at radius 3 is 2.48 bits per heavy atom. The van der Waals surface area contributed by atoms with E-state index in [-0.39, 0.29) is 13.0 Å². The lowest BCUT2D eigenvalue weighted by Gasteiger charge is -2.41. The molecule has 0 radical (unpaired) electrons. The van der Waals surface area contributed by atoms with Crippen LogP contribution in [0.25, 0.3) is 0 Å². The highest BCUT2D eigenvalue weighted by atomic mass is 32.2. The molecule has 1 aromatic rings. The zero-order chi connectivity index (χ0) is 19.4. The van der Waals surface area contributed by atoms with Crippen LogP contribution in [-0.4, -0.2) is 87.1 Å². The lowest BCUT2D eigenvalue weighted by molar-refractivity contribution is -0.295. The third kappa shape index (κ3) is 5.20. The molecule has 0 amide bonds. The number of benzene rings is 1. The maximum absolute atomic E-state index is 10.4. The summed E-state index contributed by atoms with van der Waals surface area (Å²) in [6.07, 6.45) is -7.40. The van der Waals surface area contributed by atoms with E-state index in [1.165, 1.54) is 11.8 Å². The summed E-state index contributed by atoms with van der Waals surface area (Å²) in [6.45, 7) is -0.421. The first-order valence-corrected chi connectivity index (χ1v) is 9.95. The van der Waals surface area contributed by atoms with Crippen molar-refractivity contribution in [3.63, 3.8) is 0 Å². The largest absolute Gasteiger partial charge is 0.394 e. The van der Waals surface area contributed by atoms with E-state index in [2.05, 4.69) is 0 Å². The first-order valence-electron chi connectivity index (χ1n) is 8.90. The van der Waals surface area contributed by atoms with Crippen LogP contribution in [0, 0.1) is 0 Å². The van der Waals surface area contributed by atoms with E-state index in [4.69, 9.17) is 14.2 Å². The number of hydrogen-bond donors (Lipinski definition) is 5. The minimum absolute atomic E-state index is 0.0107. The average Bonchev–Trinajstić information content (AvgIpc) is 2.68. The number of thioether (sulfide) groups is 1. The molecule has 2 aliphatic heterocycles. The highest BCUT2D eigenvalue weighted by Gasteiger charge is 2.43. The smallest absolute Gasteiger partial charge is 0.161 e. The molecule has 3 rings (SSSR count). The van der Waals surface area contributed by atoms with Crippen LogP contribution >= 0.6 is 11.8 Å². The van der Waals surface area contributed by atoms with E-state index in [1.807, 2.05) is 30.3 Å². The molecule has 0 bridgehead atoms. The molecule has 8 nitrogen and oxygen atoms in total. The zero-order valence-corrected chi connectivity index (χ0v) is 15.5. The maximum atomic E-state index is 10.4. The summed E-state index contributed by atoms with van der Waals surface area (Å²) in [6, 6.07) is 9.74. The van der Waals surface area contributed by atoms with Crippen molar-refractivity contribution in [1.29, 1.82) is 0 Å². The second-order valence-corrected chi connectivity index (χ2v) is 7.82. The van der Waals surface area contributed by atoms with Gasteiger partial charge in [-0.3, -0.25) is 0 Å². The summed E-state index contributed by atoms with van der Waals surface area (Å²) in [5.41, 5.74) is 0.495. The number of ether oxygens (including phenoxy) is 3. The monoisotopic (exact) mass is 402 g/mol. The highest BCUT2D eigenvalue weighted by molar-refractivity contribution is 7.99. The van der Waals surface area contributed by atoms with Crippen LogP contribution in [0.1, 0.15) is 12.0 Å². The van der Waals surface area contributed by atoms with Crippen LogP contribution in [0.4, 0.5) is 0 Å². The molecular weight excluding hydrogens is 376 g/mol. The Bertz CT molecular complexity index is 576. The molecule has 27 heavy (non-hydrogen) atoms. The fourth-order valence-electron chi connectivity index (χ4n) is 3.14. The molecular formula is C18H26O8S. The molecule has 1 aromatic carbocycles. The SMILES string of the molecule is OC[C@H]1O[C@@H](O[C@@H]2CO[C@@H](SCc3ccccc3)[C@H](O)[C@H]2O)C[C@@H](O)[C@@H]1O. The van der Waals surface area contributed by atoms with Gasteiger partial charge in [0, 0.05) is 12.2 Å². The van der Waals surface area contributed by atoms with E-state index in [9.17, 15) is 25.5 Å². The molecule has 2 fully saturated rings. The van der Waals surface area contributed by atoms with Crippen LogP contribution in [0.3, 0.4) is 0 Å². The van der Waals surface area contributed by atoms with Gasteiger partial charge in [0.05, 0.1) is 19.3 Å². The lowest BCUT2D eigenvalue weighted by atomic mass is 10.0. The standard InChI is InChI=1S/C18H26O8S/c19-7-12-15(21)11(20)6-14(25-12)26-13-8-24-18(17(23)16(13)22)27-9-10-4-2-1-3-5-10/h1-5,11-23H,6-9H2/t11-,12-,13-,14+,15+,16+,17-,18+/m1/s1. The molecule has 0 spiro atoms. The van der Waals surface area contributed by atoms with Gasteiger partial charge in [-0.1, -0.05) is 30.3 Å². The van der Waals surface area contributed by atoms with Gasteiger partial charge in [0.25, 0.3) is 0 Å². The first-order chi connectivity index (χ1) is 13.0. The van der Waals surface area contributed by atoms with Crippen molar-refractivity contribution < 1.29 is 39.7 Å². The van der Waals surface area contributed by atoms with Gasteiger partial charge >= 0.3 is 0 Å². The zero-order valence-electron chi connectivity index (χ0n) is 14.7. The van der Waals surface area contributed by atoms with Crippen LogP contribution in [-0.2, 0) is 20.0 Å². The number of aliphatic hydroxyl groups is 5. The first kappa shape index (κ1) is 21.0. The molecule has 2 saturated heterocycles. The van der Waals surface area contributed by atoms with Crippen molar-refractivity contribution in [3.05, 3.63) is 35.9 Å². The topological polar surface area (TPSA) is 129 Å². The molecule has 5 N–H and O–H groups in total. The normalized spacial score (nSPS) is 40.0. The molecule has 2 heterocycles. The Kier molecular flexibility index (Phi) is 7.49. The van der Waals surface area contributed by atoms with Crippen molar-refractivity contribution in [2.75, 3.05) is 13.2 Å². The maximum Gasteiger partial charge on any atom is 0.161 e. The molecule has 9 heteroatoms. The molecule has 8 atom stereocenters.